The molecule has 0 atom stereocenters. The van der Waals surface area contributed by atoms with E-state index in [1.165, 1.54) is 19.3 Å². The zero-order valence-electron chi connectivity index (χ0n) is 12.2. The molecule has 0 bridgehead atoms. The molecule has 0 aliphatic rings. The Morgan fingerprint density at radius 3 is 2.17 bits per heavy atom. The van der Waals surface area contributed by atoms with Gasteiger partial charge in [-0.3, -0.25) is 0 Å². The van der Waals surface area contributed by atoms with Crippen molar-refractivity contribution >= 4 is 10.0 Å². The molecule has 5 heteroatoms. The SMILES string of the molecule is CCCCCCCCS(=O)(=O)NCCCN(C)C. The number of nitrogens with zero attached hydrogens (tertiary/aromatic N) is 1. The molecule has 110 valence electrons. The average Bonchev–Trinajstić information content (AvgIpc) is 2.29. The Kier molecular flexibility index (Phi) is 10.7. The Labute approximate surface area is 113 Å². The maximum atomic E-state index is 11.6. The summed E-state index contributed by atoms with van der Waals surface area (Å²) in [6.45, 7) is 3.65. The quantitative estimate of drug-likeness (QED) is 0.557. The van der Waals surface area contributed by atoms with Crippen LogP contribution in [0.25, 0.3) is 0 Å². The van der Waals surface area contributed by atoms with Crippen LogP contribution in [0.2, 0.25) is 0 Å². The zero-order chi connectivity index (χ0) is 13.9. The predicted molar refractivity (Wildman–Crippen MR) is 78.3 cm³/mol. The van der Waals surface area contributed by atoms with Crippen molar-refractivity contribution in [1.82, 2.24) is 9.62 Å². The molecule has 0 saturated carbocycles. The van der Waals surface area contributed by atoms with Crippen molar-refractivity contribution in [3.05, 3.63) is 0 Å². The van der Waals surface area contributed by atoms with Crippen LogP contribution in [0.3, 0.4) is 0 Å². The van der Waals surface area contributed by atoms with E-state index in [-0.39, 0.29) is 5.75 Å². The lowest BCUT2D eigenvalue weighted by atomic mass is 10.1. The fourth-order valence-electron chi connectivity index (χ4n) is 1.77. The van der Waals surface area contributed by atoms with Gasteiger partial charge in [-0.15, -0.1) is 0 Å². The standard InChI is InChI=1S/C13H30N2O2S/c1-4-5-6-7-8-9-13-18(16,17)14-11-10-12-15(2)3/h14H,4-13H2,1-3H3. The lowest BCUT2D eigenvalue weighted by Gasteiger charge is -2.10. The fraction of sp³-hybridized carbons (Fsp3) is 1.00. The summed E-state index contributed by atoms with van der Waals surface area (Å²) < 4.78 is 25.9. The predicted octanol–water partition coefficient (Wildman–Crippen LogP) is 2.22. The first-order chi connectivity index (χ1) is 8.48. The van der Waals surface area contributed by atoms with Crippen LogP contribution in [0.5, 0.6) is 0 Å². The molecular formula is C13H30N2O2S. The fourth-order valence-corrected chi connectivity index (χ4v) is 2.95. The third kappa shape index (κ3) is 12.3. The molecule has 1 N–H and O–H groups in total. The Morgan fingerprint density at radius 2 is 1.56 bits per heavy atom. The van der Waals surface area contributed by atoms with E-state index in [1.54, 1.807) is 0 Å². The van der Waals surface area contributed by atoms with Gasteiger partial charge in [-0.1, -0.05) is 39.0 Å². The molecule has 0 radical (unpaired) electrons. The highest BCUT2D eigenvalue weighted by molar-refractivity contribution is 7.89. The Bertz CT molecular complexity index is 277. The third-order valence-corrected chi connectivity index (χ3v) is 4.34. The van der Waals surface area contributed by atoms with Crippen LogP contribution >= 0.6 is 0 Å². The largest absolute Gasteiger partial charge is 0.309 e. The van der Waals surface area contributed by atoms with Crippen molar-refractivity contribution < 1.29 is 8.42 Å². The van der Waals surface area contributed by atoms with Gasteiger partial charge in [-0.25, -0.2) is 13.1 Å². The monoisotopic (exact) mass is 278 g/mol. The summed E-state index contributed by atoms with van der Waals surface area (Å²) in [6, 6.07) is 0. The summed E-state index contributed by atoms with van der Waals surface area (Å²) in [5.74, 6) is 0.279. The van der Waals surface area contributed by atoms with E-state index < -0.39 is 10.0 Å². The molecule has 18 heavy (non-hydrogen) atoms. The molecule has 0 unspecified atom stereocenters. The Morgan fingerprint density at radius 1 is 0.944 bits per heavy atom. The molecule has 0 spiro atoms. The second-order valence-corrected chi connectivity index (χ2v) is 7.06. The molecule has 0 aliphatic carbocycles. The van der Waals surface area contributed by atoms with Crippen LogP contribution in [0, 0.1) is 0 Å². The summed E-state index contributed by atoms with van der Waals surface area (Å²) in [5.41, 5.74) is 0. The van der Waals surface area contributed by atoms with Gasteiger partial charge >= 0.3 is 0 Å². The second kappa shape index (κ2) is 10.8. The highest BCUT2D eigenvalue weighted by Crippen LogP contribution is 2.05. The van der Waals surface area contributed by atoms with Crippen LogP contribution in [-0.4, -0.2) is 46.3 Å². The molecule has 0 heterocycles. The van der Waals surface area contributed by atoms with Crippen LogP contribution in [0.1, 0.15) is 51.9 Å². The van der Waals surface area contributed by atoms with E-state index in [2.05, 4.69) is 16.5 Å². The van der Waals surface area contributed by atoms with E-state index in [0.717, 1.165) is 32.2 Å². The minimum Gasteiger partial charge on any atom is -0.309 e. The van der Waals surface area contributed by atoms with Gasteiger partial charge in [-0.05, 0) is 33.5 Å². The Balaban J connectivity index is 3.49. The molecule has 0 saturated heterocycles. The summed E-state index contributed by atoms with van der Waals surface area (Å²) in [6.07, 6.45) is 7.55. The van der Waals surface area contributed by atoms with Crippen molar-refractivity contribution in [2.75, 3.05) is 32.9 Å². The highest BCUT2D eigenvalue weighted by Gasteiger charge is 2.08. The molecule has 0 fully saturated rings. The summed E-state index contributed by atoms with van der Waals surface area (Å²) >= 11 is 0. The maximum absolute atomic E-state index is 11.6. The molecular weight excluding hydrogens is 248 g/mol. The second-order valence-electron chi connectivity index (χ2n) is 5.14. The number of rotatable bonds is 12. The number of hydrogen-bond donors (Lipinski definition) is 1. The summed E-state index contributed by atoms with van der Waals surface area (Å²) in [7, 11) is 0.941. The van der Waals surface area contributed by atoms with Crippen molar-refractivity contribution in [3.8, 4) is 0 Å². The van der Waals surface area contributed by atoms with Gasteiger partial charge < -0.3 is 4.90 Å². The molecule has 0 aromatic carbocycles. The first-order valence-corrected chi connectivity index (χ1v) is 8.75. The molecule has 4 nitrogen and oxygen atoms in total. The molecule has 0 aliphatic heterocycles. The zero-order valence-corrected chi connectivity index (χ0v) is 13.1. The van der Waals surface area contributed by atoms with E-state index in [4.69, 9.17) is 0 Å². The molecule has 0 rings (SSSR count). The van der Waals surface area contributed by atoms with Gasteiger partial charge in [0, 0.05) is 6.54 Å². The number of nitrogens with one attached hydrogen (secondary N) is 1. The minimum absolute atomic E-state index is 0.279. The third-order valence-electron chi connectivity index (χ3n) is 2.87. The summed E-state index contributed by atoms with van der Waals surface area (Å²) in [5, 5.41) is 0. The van der Waals surface area contributed by atoms with E-state index in [0.29, 0.717) is 6.54 Å². The van der Waals surface area contributed by atoms with E-state index >= 15 is 0 Å². The molecule has 0 aromatic heterocycles. The smallest absolute Gasteiger partial charge is 0.211 e. The number of unbranched alkanes of at least 4 members (excludes halogenated alkanes) is 5. The van der Waals surface area contributed by atoms with Gasteiger partial charge in [0.25, 0.3) is 0 Å². The van der Waals surface area contributed by atoms with Crippen molar-refractivity contribution in [2.45, 2.75) is 51.9 Å². The van der Waals surface area contributed by atoms with E-state index in [9.17, 15) is 8.42 Å². The topological polar surface area (TPSA) is 49.4 Å². The van der Waals surface area contributed by atoms with Crippen LogP contribution in [-0.2, 0) is 10.0 Å². The van der Waals surface area contributed by atoms with Gasteiger partial charge in [-0.2, -0.15) is 0 Å². The first kappa shape index (κ1) is 17.9. The van der Waals surface area contributed by atoms with Gasteiger partial charge in [0.05, 0.1) is 5.75 Å². The normalized spacial score (nSPS) is 12.2. The van der Waals surface area contributed by atoms with Crippen molar-refractivity contribution in [3.63, 3.8) is 0 Å². The van der Waals surface area contributed by atoms with Gasteiger partial charge in [0.15, 0.2) is 0 Å². The first-order valence-electron chi connectivity index (χ1n) is 7.10. The van der Waals surface area contributed by atoms with Crippen LogP contribution in [0.4, 0.5) is 0 Å². The lowest BCUT2D eigenvalue weighted by Crippen LogP contribution is -2.29. The minimum atomic E-state index is -3.04. The number of sulfonamides is 1. The van der Waals surface area contributed by atoms with E-state index in [1.807, 2.05) is 14.1 Å². The average molecular weight is 278 g/mol. The highest BCUT2D eigenvalue weighted by atomic mass is 32.2. The summed E-state index contributed by atoms with van der Waals surface area (Å²) in [4.78, 5) is 2.06. The lowest BCUT2D eigenvalue weighted by molar-refractivity contribution is 0.400. The van der Waals surface area contributed by atoms with Crippen LogP contribution in [0.15, 0.2) is 0 Å². The Hall–Kier alpha value is -0.130. The number of hydrogen-bond acceptors (Lipinski definition) is 3. The van der Waals surface area contributed by atoms with Gasteiger partial charge in [0.2, 0.25) is 10.0 Å². The molecule has 0 aromatic rings. The van der Waals surface area contributed by atoms with Gasteiger partial charge in [0.1, 0.15) is 0 Å². The van der Waals surface area contributed by atoms with Crippen molar-refractivity contribution in [1.29, 1.82) is 0 Å². The maximum Gasteiger partial charge on any atom is 0.211 e. The van der Waals surface area contributed by atoms with Crippen molar-refractivity contribution in [2.24, 2.45) is 0 Å². The van der Waals surface area contributed by atoms with Crippen LogP contribution < -0.4 is 4.72 Å². The molecule has 0 amide bonds.